The van der Waals surface area contributed by atoms with E-state index in [9.17, 15) is 9.59 Å². The van der Waals surface area contributed by atoms with E-state index in [4.69, 9.17) is 4.42 Å². The highest BCUT2D eigenvalue weighted by molar-refractivity contribution is 5.96. The Balaban J connectivity index is 1.59. The van der Waals surface area contributed by atoms with E-state index >= 15 is 0 Å². The molecule has 1 N–H and O–H groups in total. The fourth-order valence-electron chi connectivity index (χ4n) is 2.88. The number of carbonyl (C=O) groups excluding carboxylic acids is 1. The highest BCUT2D eigenvalue weighted by Gasteiger charge is 2.15. The van der Waals surface area contributed by atoms with Crippen LogP contribution in [0.4, 0.5) is 0 Å². The second-order valence-corrected chi connectivity index (χ2v) is 6.08. The van der Waals surface area contributed by atoms with Gasteiger partial charge in [0.25, 0.3) is 5.91 Å². The van der Waals surface area contributed by atoms with Gasteiger partial charge in [-0.1, -0.05) is 24.3 Å². The zero-order valence-corrected chi connectivity index (χ0v) is 14.5. The Hall–Kier alpha value is -3.74. The number of fused-ring (bicyclic) bond motifs is 1. The van der Waals surface area contributed by atoms with E-state index in [1.165, 1.54) is 0 Å². The molecular formula is C20H16N4O3. The predicted octanol–water partition coefficient (Wildman–Crippen LogP) is 2.52. The third-order valence-corrected chi connectivity index (χ3v) is 4.20. The number of aromatic nitrogens is 3. The average molecular weight is 360 g/mol. The lowest BCUT2D eigenvalue weighted by molar-refractivity contribution is 0.0947. The molecule has 0 spiro atoms. The molecular weight excluding hydrogens is 344 g/mol. The van der Waals surface area contributed by atoms with Crippen molar-refractivity contribution in [2.45, 2.75) is 6.54 Å². The highest BCUT2D eigenvalue weighted by Crippen LogP contribution is 2.20. The number of hydrogen-bond acceptors (Lipinski definition) is 5. The molecule has 7 heteroatoms. The molecule has 27 heavy (non-hydrogen) atoms. The quantitative estimate of drug-likeness (QED) is 0.565. The van der Waals surface area contributed by atoms with Gasteiger partial charge < -0.3 is 9.73 Å². The molecule has 0 atom stereocenters. The molecule has 4 rings (SSSR count). The minimum absolute atomic E-state index is 0.0273. The van der Waals surface area contributed by atoms with Gasteiger partial charge in [-0.25, -0.2) is 4.79 Å². The zero-order chi connectivity index (χ0) is 18.8. The normalized spacial score (nSPS) is 10.9. The lowest BCUT2D eigenvalue weighted by atomic mass is 10.1. The van der Waals surface area contributed by atoms with Crippen LogP contribution in [0, 0.1) is 0 Å². The van der Waals surface area contributed by atoms with Crippen molar-refractivity contribution in [2.75, 3.05) is 0 Å². The number of hydrogen-bond donors (Lipinski definition) is 1. The molecule has 3 aromatic heterocycles. The van der Waals surface area contributed by atoms with Crippen molar-refractivity contribution in [3.8, 4) is 11.3 Å². The van der Waals surface area contributed by atoms with Crippen molar-refractivity contribution >= 4 is 16.9 Å². The minimum Gasteiger partial charge on any atom is -0.422 e. The molecule has 0 bridgehead atoms. The van der Waals surface area contributed by atoms with Gasteiger partial charge in [0.1, 0.15) is 11.1 Å². The molecule has 0 aliphatic carbocycles. The summed E-state index contributed by atoms with van der Waals surface area (Å²) >= 11 is 0. The number of benzene rings is 1. The van der Waals surface area contributed by atoms with Crippen molar-refractivity contribution in [3.05, 3.63) is 82.6 Å². The summed E-state index contributed by atoms with van der Waals surface area (Å²) in [6.45, 7) is 0.225. The summed E-state index contributed by atoms with van der Waals surface area (Å²) in [5.74, 6) is -0.490. The number of aryl methyl sites for hydroxylation is 1. The molecule has 0 aliphatic rings. The van der Waals surface area contributed by atoms with Crippen LogP contribution in [0.25, 0.3) is 22.2 Å². The summed E-state index contributed by atoms with van der Waals surface area (Å²) in [4.78, 5) is 29.0. The van der Waals surface area contributed by atoms with Crippen molar-refractivity contribution in [1.82, 2.24) is 20.1 Å². The molecule has 3 heterocycles. The van der Waals surface area contributed by atoms with E-state index in [0.717, 1.165) is 16.8 Å². The SMILES string of the molecule is Cn1cc(-c2ncccc2CNC(=O)c2cc3ccccc3oc2=O)cn1. The van der Waals surface area contributed by atoms with Crippen LogP contribution in [-0.2, 0) is 13.6 Å². The van der Waals surface area contributed by atoms with Crippen LogP contribution in [0.3, 0.4) is 0 Å². The Morgan fingerprint density at radius 1 is 1.22 bits per heavy atom. The molecule has 7 nitrogen and oxygen atoms in total. The summed E-state index contributed by atoms with van der Waals surface area (Å²) in [6.07, 6.45) is 5.25. The maximum absolute atomic E-state index is 12.5. The van der Waals surface area contributed by atoms with Crippen LogP contribution < -0.4 is 10.9 Å². The van der Waals surface area contributed by atoms with Crippen LogP contribution in [0.5, 0.6) is 0 Å². The predicted molar refractivity (Wildman–Crippen MR) is 100 cm³/mol. The number of rotatable bonds is 4. The molecule has 1 amide bonds. The zero-order valence-electron chi connectivity index (χ0n) is 14.5. The summed E-state index contributed by atoms with van der Waals surface area (Å²) in [6, 6.07) is 12.3. The summed E-state index contributed by atoms with van der Waals surface area (Å²) in [5.41, 5.74) is 2.17. The Kier molecular flexibility index (Phi) is 4.25. The van der Waals surface area contributed by atoms with Gasteiger partial charge in [0.05, 0.1) is 11.9 Å². The number of pyridine rings is 1. The molecule has 1 aromatic carbocycles. The second-order valence-electron chi connectivity index (χ2n) is 6.08. The minimum atomic E-state index is -0.662. The van der Waals surface area contributed by atoms with Gasteiger partial charge in [-0.3, -0.25) is 14.5 Å². The van der Waals surface area contributed by atoms with E-state index in [2.05, 4.69) is 15.4 Å². The van der Waals surface area contributed by atoms with Crippen LogP contribution >= 0.6 is 0 Å². The van der Waals surface area contributed by atoms with Gasteiger partial charge >= 0.3 is 5.63 Å². The molecule has 0 fully saturated rings. The van der Waals surface area contributed by atoms with Gasteiger partial charge in [0.15, 0.2) is 0 Å². The average Bonchev–Trinajstić information content (AvgIpc) is 3.12. The lowest BCUT2D eigenvalue weighted by Crippen LogP contribution is -2.28. The monoisotopic (exact) mass is 360 g/mol. The fraction of sp³-hybridized carbons (Fsp3) is 0.100. The Morgan fingerprint density at radius 2 is 2.07 bits per heavy atom. The Morgan fingerprint density at radius 3 is 2.89 bits per heavy atom. The number of nitrogens with zero attached hydrogens (tertiary/aromatic N) is 3. The van der Waals surface area contributed by atoms with Gasteiger partial charge in [0, 0.05) is 36.9 Å². The molecule has 0 radical (unpaired) electrons. The Bertz CT molecular complexity index is 1190. The van der Waals surface area contributed by atoms with Gasteiger partial charge in [0.2, 0.25) is 0 Å². The third-order valence-electron chi connectivity index (χ3n) is 4.20. The number of carbonyl (C=O) groups is 1. The van der Waals surface area contributed by atoms with Crippen LogP contribution in [-0.4, -0.2) is 20.7 Å². The first-order chi connectivity index (χ1) is 13.1. The van der Waals surface area contributed by atoms with E-state index in [1.54, 1.807) is 47.4 Å². The molecule has 0 unspecified atom stereocenters. The van der Waals surface area contributed by atoms with Crippen LogP contribution in [0.15, 0.2) is 70.3 Å². The number of para-hydroxylation sites is 1. The topological polar surface area (TPSA) is 90.0 Å². The van der Waals surface area contributed by atoms with Gasteiger partial charge in [-0.05, 0) is 23.8 Å². The third kappa shape index (κ3) is 3.35. The van der Waals surface area contributed by atoms with Crippen molar-refractivity contribution < 1.29 is 9.21 Å². The fourth-order valence-corrected chi connectivity index (χ4v) is 2.88. The summed E-state index contributed by atoms with van der Waals surface area (Å²) in [5, 5.41) is 7.62. The first-order valence-electron chi connectivity index (χ1n) is 8.36. The standard InChI is InChI=1S/C20H16N4O3/c1-24-12-15(11-23-24)18-14(6-4-8-21-18)10-22-19(25)16-9-13-5-2-3-7-17(13)27-20(16)26/h2-9,11-12H,10H2,1H3,(H,22,25). The smallest absolute Gasteiger partial charge is 0.349 e. The lowest BCUT2D eigenvalue weighted by Gasteiger charge is -2.08. The maximum Gasteiger partial charge on any atom is 0.349 e. The van der Waals surface area contributed by atoms with Gasteiger partial charge in [-0.2, -0.15) is 5.10 Å². The molecule has 0 saturated heterocycles. The number of amides is 1. The number of nitrogens with one attached hydrogen (secondary N) is 1. The molecule has 4 aromatic rings. The van der Waals surface area contributed by atoms with Crippen molar-refractivity contribution in [2.24, 2.45) is 7.05 Å². The first kappa shape index (κ1) is 16.7. The maximum atomic E-state index is 12.5. The van der Waals surface area contributed by atoms with Crippen LogP contribution in [0.2, 0.25) is 0 Å². The molecule has 0 aliphatic heterocycles. The van der Waals surface area contributed by atoms with E-state index < -0.39 is 11.5 Å². The van der Waals surface area contributed by atoms with Gasteiger partial charge in [-0.15, -0.1) is 0 Å². The van der Waals surface area contributed by atoms with E-state index in [0.29, 0.717) is 11.0 Å². The summed E-state index contributed by atoms with van der Waals surface area (Å²) < 4.78 is 6.91. The van der Waals surface area contributed by atoms with E-state index in [1.807, 2.05) is 25.4 Å². The molecule has 134 valence electrons. The Labute approximate surface area is 154 Å². The van der Waals surface area contributed by atoms with Crippen molar-refractivity contribution in [3.63, 3.8) is 0 Å². The highest BCUT2D eigenvalue weighted by atomic mass is 16.4. The summed E-state index contributed by atoms with van der Waals surface area (Å²) in [7, 11) is 1.83. The molecule has 0 saturated carbocycles. The van der Waals surface area contributed by atoms with Crippen molar-refractivity contribution in [1.29, 1.82) is 0 Å². The van der Waals surface area contributed by atoms with Crippen LogP contribution in [0.1, 0.15) is 15.9 Å². The largest absolute Gasteiger partial charge is 0.422 e. The van der Waals surface area contributed by atoms with E-state index in [-0.39, 0.29) is 12.1 Å². The second kappa shape index (κ2) is 6.87. The first-order valence-corrected chi connectivity index (χ1v) is 8.36.